The van der Waals surface area contributed by atoms with E-state index in [0.29, 0.717) is 21.3 Å². The molecule has 146 valence electrons. The van der Waals surface area contributed by atoms with Crippen LogP contribution in [-0.4, -0.2) is 18.2 Å². The highest BCUT2D eigenvalue weighted by Crippen LogP contribution is 2.70. The number of amides is 2. The van der Waals surface area contributed by atoms with E-state index in [9.17, 15) is 22.8 Å². The van der Waals surface area contributed by atoms with Crippen molar-refractivity contribution < 1.29 is 27.5 Å². The number of hydrogen-bond donors (Lipinski definition) is 0. The molecule has 2 aromatic carbocycles. The van der Waals surface area contributed by atoms with Gasteiger partial charge < -0.3 is 4.74 Å². The van der Waals surface area contributed by atoms with E-state index in [-0.39, 0.29) is 17.6 Å². The monoisotopic (exact) mass is 429 g/mol. The first-order valence-electron chi connectivity index (χ1n) is 8.22. The average molecular weight is 430 g/mol. The molecule has 0 radical (unpaired) electrons. The second-order valence-corrected chi connectivity index (χ2v) is 7.83. The van der Waals surface area contributed by atoms with Gasteiger partial charge in [0.15, 0.2) is 0 Å². The van der Waals surface area contributed by atoms with Gasteiger partial charge in [-0.2, -0.15) is 0 Å². The second-order valence-electron chi connectivity index (χ2n) is 6.96. The van der Waals surface area contributed by atoms with Gasteiger partial charge in [-0.1, -0.05) is 35.3 Å². The Kier molecular flexibility index (Phi) is 4.17. The fourth-order valence-electron chi connectivity index (χ4n) is 3.99. The molecule has 4 rings (SSSR count). The third-order valence-electron chi connectivity index (χ3n) is 5.25. The number of halogens is 5. The van der Waals surface area contributed by atoms with Gasteiger partial charge >= 0.3 is 6.36 Å². The van der Waals surface area contributed by atoms with Crippen LogP contribution in [0.2, 0.25) is 10.0 Å². The number of carbonyl (C=O) groups is 2. The Labute approximate surface area is 167 Å². The molecule has 0 spiro atoms. The predicted octanol–water partition coefficient (Wildman–Crippen LogP) is 5.19. The van der Waals surface area contributed by atoms with Crippen LogP contribution in [0.3, 0.4) is 0 Å². The molecule has 1 heterocycles. The number of piperidine rings is 1. The molecule has 2 amide bonds. The van der Waals surface area contributed by atoms with E-state index in [0.717, 1.165) is 4.90 Å². The summed E-state index contributed by atoms with van der Waals surface area (Å²) >= 11 is 11.9. The van der Waals surface area contributed by atoms with Gasteiger partial charge in [0.25, 0.3) is 0 Å². The van der Waals surface area contributed by atoms with E-state index in [2.05, 4.69) is 4.74 Å². The summed E-state index contributed by atoms with van der Waals surface area (Å²) in [4.78, 5) is 26.9. The average Bonchev–Trinajstić information content (AvgIpc) is 3.14. The van der Waals surface area contributed by atoms with Crippen molar-refractivity contribution in [3.63, 3.8) is 0 Å². The maximum atomic E-state index is 13.0. The predicted molar refractivity (Wildman–Crippen MR) is 96.4 cm³/mol. The van der Waals surface area contributed by atoms with Crippen LogP contribution in [0, 0.1) is 11.3 Å². The summed E-state index contributed by atoms with van der Waals surface area (Å²) in [7, 11) is 0. The lowest BCUT2D eigenvalue weighted by atomic mass is 9.99. The first kappa shape index (κ1) is 19.1. The molecule has 0 N–H and O–H groups in total. The summed E-state index contributed by atoms with van der Waals surface area (Å²) in [6.07, 6.45) is -4.78. The Balaban J connectivity index is 1.59. The minimum Gasteiger partial charge on any atom is -0.406 e. The molecule has 1 saturated carbocycles. The molecule has 0 unspecified atom stereocenters. The van der Waals surface area contributed by atoms with Crippen molar-refractivity contribution >= 4 is 40.7 Å². The van der Waals surface area contributed by atoms with Crippen molar-refractivity contribution in [1.82, 2.24) is 0 Å². The number of nitrogens with zero attached hydrogens (tertiary/aromatic N) is 1. The molecule has 28 heavy (non-hydrogen) atoms. The third-order valence-corrected chi connectivity index (χ3v) is 5.68. The van der Waals surface area contributed by atoms with E-state index in [1.54, 1.807) is 6.92 Å². The van der Waals surface area contributed by atoms with Crippen molar-refractivity contribution in [2.75, 3.05) is 4.90 Å². The Morgan fingerprint density at radius 3 is 2.04 bits per heavy atom. The zero-order chi connectivity index (χ0) is 20.4. The van der Waals surface area contributed by atoms with E-state index in [1.807, 2.05) is 0 Å². The summed E-state index contributed by atoms with van der Waals surface area (Å²) in [6, 6.07) is 9.68. The Hall–Kier alpha value is -2.25. The van der Waals surface area contributed by atoms with Crippen LogP contribution in [0.4, 0.5) is 18.9 Å². The molecule has 3 atom stereocenters. The molecule has 4 nitrogen and oxygen atoms in total. The number of hydrogen-bond acceptors (Lipinski definition) is 3. The minimum atomic E-state index is -4.78. The van der Waals surface area contributed by atoms with Crippen LogP contribution < -0.4 is 9.64 Å². The molecule has 1 aliphatic carbocycles. The molecular weight excluding hydrogens is 418 g/mol. The van der Waals surface area contributed by atoms with Gasteiger partial charge in [-0.15, -0.1) is 13.2 Å². The molecule has 0 aromatic heterocycles. The summed E-state index contributed by atoms with van der Waals surface area (Å²) in [6.45, 7) is 1.68. The van der Waals surface area contributed by atoms with Crippen LogP contribution >= 0.6 is 23.2 Å². The Morgan fingerprint density at radius 1 is 1.00 bits per heavy atom. The lowest BCUT2D eigenvalue weighted by molar-refractivity contribution is -0.274. The molecule has 2 aromatic rings. The van der Waals surface area contributed by atoms with Gasteiger partial charge in [0.2, 0.25) is 11.8 Å². The molecule has 1 saturated heterocycles. The number of alkyl halides is 3. The summed E-state index contributed by atoms with van der Waals surface area (Å²) in [5, 5.41) is 0.594. The highest BCUT2D eigenvalue weighted by molar-refractivity contribution is 6.36. The van der Waals surface area contributed by atoms with Gasteiger partial charge in [-0.05, 0) is 42.8 Å². The highest BCUT2D eigenvalue weighted by atomic mass is 35.5. The molecule has 1 aliphatic heterocycles. The zero-order valence-corrected chi connectivity index (χ0v) is 15.8. The maximum absolute atomic E-state index is 13.0. The first-order chi connectivity index (χ1) is 13.0. The van der Waals surface area contributed by atoms with Crippen LogP contribution in [-0.2, 0) is 9.59 Å². The van der Waals surface area contributed by atoms with E-state index < -0.39 is 23.6 Å². The topological polar surface area (TPSA) is 46.6 Å². The van der Waals surface area contributed by atoms with Gasteiger partial charge in [0.05, 0.1) is 17.0 Å². The molecule has 9 heteroatoms. The number of anilines is 1. The van der Waals surface area contributed by atoms with Crippen molar-refractivity contribution in [1.29, 1.82) is 0 Å². The first-order valence-corrected chi connectivity index (χ1v) is 8.98. The molecule has 0 bridgehead atoms. The van der Waals surface area contributed by atoms with E-state index in [1.165, 1.54) is 42.5 Å². The maximum Gasteiger partial charge on any atom is 0.573 e. The smallest absolute Gasteiger partial charge is 0.406 e. The second kappa shape index (κ2) is 6.12. The number of fused-ring (bicyclic) bond motifs is 1. The fraction of sp³-hybridized carbons (Fsp3) is 0.263. The van der Waals surface area contributed by atoms with Crippen molar-refractivity contribution in [2.45, 2.75) is 19.2 Å². The number of benzene rings is 2. The van der Waals surface area contributed by atoms with Gasteiger partial charge in [-0.25, -0.2) is 4.90 Å². The van der Waals surface area contributed by atoms with Crippen LogP contribution in [0.25, 0.3) is 0 Å². The molecular formula is C19H12Cl2F3NO3. The number of carbonyl (C=O) groups excluding carboxylic acids is 2. The van der Waals surface area contributed by atoms with Gasteiger partial charge in [-0.3, -0.25) is 9.59 Å². The summed E-state index contributed by atoms with van der Waals surface area (Å²) < 4.78 is 40.7. The standard InChI is InChI=1S/C19H12Cl2F3NO3/c1-18-14(9-2-4-13(5-3-9)28-19(22,23)24)15(18)16(26)25(17(18)27)12-7-10(20)6-11(21)8-12/h2-8,14-15H,1H3/t14-,15-,18-/m1/s1. The largest absolute Gasteiger partial charge is 0.573 e. The molecule has 2 fully saturated rings. The SMILES string of the molecule is C[C@]12C(=O)N(c3cc(Cl)cc(Cl)c3)C(=O)[C@H]1[C@H]2c1ccc(OC(F)(F)F)cc1. The van der Waals surface area contributed by atoms with Crippen LogP contribution in [0.1, 0.15) is 18.4 Å². The van der Waals surface area contributed by atoms with Crippen LogP contribution in [0.15, 0.2) is 42.5 Å². The minimum absolute atomic E-state index is 0.297. The fourth-order valence-corrected chi connectivity index (χ4v) is 4.50. The molecule has 2 aliphatic rings. The van der Waals surface area contributed by atoms with Gasteiger partial charge in [0.1, 0.15) is 5.75 Å². The Bertz CT molecular complexity index is 973. The number of imide groups is 1. The Morgan fingerprint density at radius 2 is 1.57 bits per heavy atom. The zero-order valence-electron chi connectivity index (χ0n) is 14.3. The number of ether oxygens (including phenoxy) is 1. The van der Waals surface area contributed by atoms with Crippen LogP contribution in [0.5, 0.6) is 5.75 Å². The lowest BCUT2D eigenvalue weighted by Gasteiger charge is -2.21. The normalized spacial score (nSPS) is 26.4. The highest BCUT2D eigenvalue weighted by Gasteiger charge is 2.77. The quantitative estimate of drug-likeness (QED) is 0.631. The van der Waals surface area contributed by atoms with Crippen molar-refractivity contribution in [3.8, 4) is 5.75 Å². The number of rotatable bonds is 3. The van der Waals surface area contributed by atoms with Crippen molar-refractivity contribution in [2.24, 2.45) is 11.3 Å². The summed E-state index contributed by atoms with van der Waals surface area (Å²) in [5.74, 6) is -2.13. The van der Waals surface area contributed by atoms with E-state index >= 15 is 0 Å². The van der Waals surface area contributed by atoms with E-state index in [4.69, 9.17) is 23.2 Å². The third kappa shape index (κ3) is 2.93. The summed E-state index contributed by atoms with van der Waals surface area (Å²) in [5.41, 5.74) is -0.0562. The van der Waals surface area contributed by atoms with Crippen molar-refractivity contribution in [3.05, 3.63) is 58.1 Å². The lowest BCUT2D eigenvalue weighted by Crippen LogP contribution is -2.36. The van der Waals surface area contributed by atoms with Gasteiger partial charge in [0, 0.05) is 16.0 Å².